The van der Waals surface area contributed by atoms with E-state index in [0.29, 0.717) is 6.61 Å². The average Bonchev–Trinajstić information content (AvgIpc) is 2.16. The van der Waals surface area contributed by atoms with Crippen LogP contribution in [0.15, 0.2) is 11.6 Å². The van der Waals surface area contributed by atoms with E-state index in [-0.39, 0.29) is 12.2 Å². The molecular formula is C9H14O5. The largest absolute Gasteiger partial charge is 0.466 e. The number of hydrogen-bond donors (Lipinski definition) is 0. The van der Waals surface area contributed by atoms with Gasteiger partial charge in [-0.3, -0.25) is 0 Å². The van der Waals surface area contributed by atoms with Gasteiger partial charge in [0.1, 0.15) is 6.61 Å². The molecule has 0 aliphatic rings. The number of esters is 2. The average molecular weight is 202 g/mol. The maximum Gasteiger partial charge on any atom is 0.333 e. The summed E-state index contributed by atoms with van der Waals surface area (Å²) in [5.41, 5.74) is 0.204. The van der Waals surface area contributed by atoms with Crippen LogP contribution in [-0.2, 0) is 23.8 Å². The number of carbonyl (C=O) groups is 2. The fourth-order valence-electron chi connectivity index (χ4n) is 0.664. The molecule has 0 N–H and O–H groups in total. The highest BCUT2D eigenvalue weighted by Crippen LogP contribution is 1.96. The molecule has 0 aliphatic heterocycles. The van der Waals surface area contributed by atoms with E-state index in [9.17, 15) is 9.59 Å². The van der Waals surface area contributed by atoms with Crippen LogP contribution in [0.2, 0.25) is 0 Å². The Labute approximate surface area is 82.6 Å². The second-order valence-electron chi connectivity index (χ2n) is 2.48. The topological polar surface area (TPSA) is 61.8 Å². The second-order valence-corrected chi connectivity index (χ2v) is 2.48. The lowest BCUT2D eigenvalue weighted by Crippen LogP contribution is -2.10. The van der Waals surface area contributed by atoms with E-state index in [1.165, 1.54) is 21.1 Å². The minimum atomic E-state index is -0.579. The molecule has 0 fully saturated rings. The van der Waals surface area contributed by atoms with Gasteiger partial charge in [-0.2, -0.15) is 0 Å². The Hall–Kier alpha value is -1.36. The van der Waals surface area contributed by atoms with E-state index in [1.54, 1.807) is 0 Å². The standard InChI is InChI=1S/C9H14O5/c1-7(9(11)13-3)6-8(10)14-5-4-12-2/h6H,4-5H2,1-3H3. The molecule has 0 saturated carbocycles. The lowest BCUT2D eigenvalue weighted by atomic mass is 10.3. The molecule has 0 heterocycles. The lowest BCUT2D eigenvalue weighted by molar-refractivity contribution is -0.140. The van der Waals surface area contributed by atoms with Crippen molar-refractivity contribution in [3.8, 4) is 0 Å². The molecule has 0 amide bonds. The molecule has 0 aromatic carbocycles. The first-order chi connectivity index (χ1) is 6.61. The Morgan fingerprint density at radius 1 is 1.21 bits per heavy atom. The van der Waals surface area contributed by atoms with Gasteiger partial charge in [-0.25, -0.2) is 9.59 Å². The monoisotopic (exact) mass is 202 g/mol. The van der Waals surface area contributed by atoms with Crippen LogP contribution in [0, 0.1) is 0 Å². The predicted octanol–water partition coefficient (Wildman–Crippen LogP) is 0.295. The second kappa shape index (κ2) is 7.08. The Morgan fingerprint density at radius 3 is 2.36 bits per heavy atom. The van der Waals surface area contributed by atoms with Crippen molar-refractivity contribution in [3.63, 3.8) is 0 Å². The summed E-state index contributed by atoms with van der Waals surface area (Å²) in [5.74, 6) is -1.13. The Morgan fingerprint density at radius 2 is 1.86 bits per heavy atom. The zero-order chi connectivity index (χ0) is 11.0. The van der Waals surface area contributed by atoms with Gasteiger partial charge in [0.05, 0.1) is 13.7 Å². The summed E-state index contributed by atoms with van der Waals surface area (Å²) < 4.78 is 13.8. The van der Waals surface area contributed by atoms with Gasteiger partial charge in [-0.1, -0.05) is 0 Å². The number of hydrogen-bond acceptors (Lipinski definition) is 5. The normalized spacial score (nSPS) is 10.9. The summed E-state index contributed by atoms with van der Waals surface area (Å²) in [7, 11) is 2.75. The lowest BCUT2D eigenvalue weighted by Gasteiger charge is -2.01. The number of ether oxygens (including phenoxy) is 3. The van der Waals surface area contributed by atoms with E-state index < -0.39 is 11.9 Å². The molecule has 14 heavy (non-hydrogen) atoms. The third-order valence-electron chi connectivity index (χ3n) is 1.37. The van der Waals surface area contributed by atoms with Crippen LogP contribution in [0.4, 0.5) is 0 Å². The van der Waals surface area contributed by atoms with Crippen molar-refractivity contribution in [2.24, 2.45) is 0 Å². The summed E-state index contributed by atoms with van der Waals surface area (Å²) >= 11 is 0. The third-order valence-corrected chi connectivity index (χ3v) is 1.37. The molecule has 0 spiro atoms. The van der Waals surface area contributed by atoms with Crippen molar-refractivity contribution in [2.45, 2.75) is 6.92 Å². The summed E-state index contributed by atoms with van der Waals surface area (Å²) in [6.45, 7) is 1.97. The van der Waals surface area contributed by atoms with Crippen LogP contribution in [0.5, 0.6) is 0 Å². The maximum absolute atomic E-state index is 11.0. The minimum Gasteiger partial charge on any atom is -0.466 e. The fraction of sp³-hybridized carbons (Fsp3) is 0.556. The van der Waals surface area contributed by atoms with Crippen molar-refractivity contribution in [2.75, 3.05) is 27.4 Å². The molecule has 0 rings (SSSR count). The van der Waals surface area contributed by atoms with Gasteiger partial charge in [-0.15, -0.1) is 0 Å². The molecule has 80 valence electrons. The molecule has 5 nitrogen and oxygen atoms in total. The fourth-order valence-corrected chi connectivity index (χ4v) is 0.664. The van der Waals surface area contributed by atoms with E-state index in [0.717, 1.165) is 6.08 Å². The zero-order valence-electron chi connectivity index (χ0n) is 8.53. The molecule has 0 saturated heterocycles. The van der Waals surface area contributed by atoms with Crippen LogP contribution < -0.4 is 0 Å². The number of rotatable bonds is 5. The number of methoxy groups -OCH3 is 2. The van der Waals surface area contributed by atoms with Gasteiger partial charge in [0.2, 0.25) is 0 Å². The molecule has 0 aliphatic carbocycles. The van der Waals surface area contributed by atoms with Crippen molar-refractivity contribution < 1.29 is 23.8 Å². The molecule has 0 bridgehead atoms. The van der Waals surface area contributed by atoms with Gasteiger partial charge >= 0.3 is 11.9 Å². The van der Waals surface area contributed by atoms with E-state index >= 15 is 0 Å². The van der Waals surface area contributed by atoms with Crippen LogP contribution >= 0.6 is 0 Å². The number of carbonyl (C=O) groups excluding carboxylic acids is 2. The SMILES string of the molecule is COCCOC(=O)C=C(C)C(=O)OC. The first-order valence-electron chi connectivity index (χ1n) is 4.04. The van der Waals surface area contributed by atoms with Crippen LogP contribution in [0.3, 0.4) is 0 Å². The highest BCUT2D eigenvalue weighted by Gasteiger charge is 2.06. The summed E-state index contributed by atoms with van der Waals surface area (Å²) in [5, 5.41) is 0. The Bertz CT molecular complexity index is 231. The summed E-state index contributed by atoms with van der Waals surface area (Å²) in [6.07, 6.45) is 1.08. The van der Waals surface area contributed by atoms with Crippen LogP contribution in [0.25, 0.3) is 0 Å². The first-order valence-corrected chi connectivity index (χ1v) is 4.04. The third kappa shape index (κ3) is 5.31. The van der Waals surface area contributed by atoms with E-state index in [2.05, 4.69) is 9.47 Å². The molecular weight excluding hydrogens is 188 g/mol. The Kier molecular flexibility index (Phi) is 6.39. The van der Waals surface area contributed by atoms with E-state index in [4.69, 9.17) is 4.74 Å². The smallest absolute Gasteiger partial charge is 0.333 e. The van der Waals surface area contributed by atoms with Gasteiger partial charge < -0.3 is 14.2 Å². The molecule has 5 heteroatoms. The zero-order valence-corrected chi connectivity index (χ0v) is 8.53. The molecule has 0 radical (unpaired) electrons. The molecule has 0 aromatic heterocycles. The van der Waals surface area contributed by atoms with Crippen molar-refractivity contribution in [1.29, 1.82) is 0 Å². The highest BCUT2D eigenvalue weighted by molar-refractivity contribution is 5.95. The maximum atomic E-state index is 11.0. The van der Waals surface area contributed by atoms with Gasteiger partial charge in [0.25, 0.3) is 0 Å². The van der Waals surface area contributed by atoms with Gasteiger partial charge in [0, 0.05) is 18.8 Å². The quantitative estimate of drug-likeness (QED) is 0.364. The molecule has 0 aromatic rings. The van der Waals surface area contributed by atoms with Crippen molar-refractivity contribution in [1.82, 2.24) is 0 Å². The Balaban J connectivity index is 3.96. The van der Waals surface area contributed by atoms with Crippen LogP contribution in [-0.4, -0.2) is 39.4 Å². The minimum absolute atomic E-state index is 0.167. The summed E-state index contributed by atoms with van der Waals surface area (Å²) in [6, 6.07) is 0. The van der Waals surface area contributed by atoms with Crippen LogP contribution in [0.1, 0.15) is 6.92 Å². The van der Waals surface area contributed by atoms with Gasteiger partial charge in [0.15, 0.2) is 0 Å². The van der Waals surface area contributed by atoms with Gasteiger partial charge in [-0.05, 0) is 6.92 Å². The first kappa shape index (κ1) is 12.6. The molecule has 0 atom stereocenters. The highest BCUT2D eigenvalue weighted by atomic mass is 16.6. The van der Waals surface area contributed by atoms with E-state index in [1.807, 2.05) is 0 Å². The summed E-state index contributed by atoms with van der Waals surface area (Å²) in [4.78, 5) is 21.8. The van der Waals surface area contributed by atoms with Crippen molar-refractivity contribution >= 4 is 11.9 Å². The predicted molar refractivity (Wildman–Crippen MR) is 48.6 cm³/mol. The van der Waals surface area contributed by atoms with Crippen molar-refractivity contribution in [3.05, 3.63) is 11.6 Å². The molecule has 0 unspecified atom stereocenters.